The predicted molar refractivity (Wildman–Crippen MR) is 182 cm³/mol. The smallest absolute Gasteiger partial charge is 0.247 e. The van der Waals surface area contributed by atoms with Crippen LogP contribution in [-0.4, -0.2) is 18.3 Å². The fourth-order valence-electron chi connectivity index (χ4n) is 4.92. The highest BCUT2D eigenvalue weighted by atomic mass is 35.5. The monoisotopic (exact) mass is 620 g/mol. The van der Waals surface area contributed by atoms with Gasteiger partial charge in [-0.3, -0.25) is 10.2 Å². The van der Waals surface area contributed by atoms with Crippen molar-refractivity contribution < 1.29 is 14.3 Å². The van der Waals surface area contributed by atoms with E-state index >= 15 is 0 Å². The van der Waals surface area contributed by atoms with Crippen LogP contribution < -0.4 is 25.8 Å². The van der Waals surface area contributed by atoms with Gasteiger partial charge in [0.15, 0.2) is 11.5 Å². The van der Waals surface area contributed by atoms with Gasteiger partial charge in [-0.1, -0.05) is 97.1 Å². The van der Waals surface area contributed by atoms with Gasteiger partial charge in [-0.15, -0.1) is 12.4 Å². The molecule has 45 heavy (non-hydrogen) atoms. The third-order valence-electron chi connectivity index (χ3n) is 7.16. The second-order valence-corrected chi connectivity index (χ2v) is 10.2. The second-order valence-electron chi connectivity index (χ2n) is 10.2. The Kier molecular flexibility index (Phi) is 11.6. The van der Waals surface area contributed by atoms with Crippen molar-refractivity contribution in [1.82, 2.24) is 5.32 Å². The average Bonchev–Trinajstić information content (AvgIpc) is 3.07. The van der Waals surface area contributed by atoms with Crippen molar-refractivity contribution in [1.29, 1.82) is 5.41 Å². The van der Waals surface area contributed by atoms with Gasteiger partial charge in [0.2, 0.25) is 5.91 Å². The summed E-state index contributed by atoms with van der Waals surface area (Å²) in [4.78, 5) is 14.2. The van der Waals surface area contributed by atoms with Crippen LogP contribution in [0.15, 0.2) is 133 Å². The number of ether oxygens (including phenoxy) is 2. The van der Waals surface area contributed by atoms with Crippen molar-refractivity contribution >= 4 is 29.8 Å². The SMILES string of the molecule is CCOc1cc(C(Nc2ccc(C(=N)N)cc2)C(=O)NC(c2ccccc2)c2ccccc2)ccc1OCc1ccccc1.Cl. The van der Waals surface area contributed by atoms with Crippen LogP contribution in [0.2, 0.25) is 0 Å². The number of amides is 1. The molecule has 0 fully saturated rings. The molecule has 5 aromatic carbocycles. The molecule has 0 spiro atoms. The van der Waals surface area contributed by atoms with E-state index in [4.69, 9.17) is 20.6 Å². The molecule has 1 amide bonds. The Morgan fingerprint density at radius 2 is 1.31 bits per heavy atom. The van der Waals surface area contributed by atoms with E-state index in [2.05, 4.69) is 10.6 Å². The van der Waals surface area contributed by atoms with Crippen LogP contribution >= 0.6 is 12.4 Å². The Morgan fingerprint density at radius 1 is 0.733 bits per heavy atom. The van der Waals surface area contributed by atoms with Crippen LogP contribution in [0.1, 0.15) is 46.8 Å². The van der Waals surface area contributed by atoms with Crippen LogP contribution in [0.5, 0.6) is 11.5 Å². The fourth-order valence-corrected chi connectivity index (χ4v) is 4.92. The first kappa shape index (κ1) is 32.6. The summed E-state index contributed by atoms with van der Waals surface area (Å²) in [7, 11) is 0. The Hall–Kier alpha value is -5.27. The van der Waals surface area contributed by atoms with Crippen molar-refractivity contribution in [2.75, 3.05) is 11.9 Å². The maximum atomic E-state index is 14.2. The number of rotatable bonds is 13. The summed E-state index contributed by atoms with van der Waals surface area (Å²) in [6.45, 7) is 2.74. The topological polar surface area (TPSA) is 109 Å². The van der Waals surface area contributed by atoms with Crippen molar-refractivity contribution in [2.24, 2.45) is 5.73 Å². The zero-order valence-electron chi connectivity index (χ0n) is 25.0. The van der Waals surface area contributed by atoms with Crippen molar-refractivity contribution in [2.45, 2.75) is 25.6 Å². The summed E-state index contributed by atoms with van der Waals surface area (Å²) >= 11 is 0. The maximum Gasteiger partial charge on any atom is 0.247 e. The summed E-state index contributed by atoms with van der Waals surface area (Å²) in [6, 6.07) is 41.3. The largest absolute Gasteiger partial charge is 0.490 e. The highest BCUT2D eigenvalue weighted by Gasteiger charge is 2.26. The molecule has 0 heterocycles. The van der Waals surface area contributed by atoms with Crippen molar-refractivity contribution in [3.05, 3.63) is 161 Å². The number of anilines is 1. The van der Waals surface area contributed by atoms with Crippen LogP contribution in [0.25, 0.3) is 0 Å². The highest BCUT2D eigenvalue weighted by molar-refractivity contribution is 5.95. The number of halogens is 1. The third kappa shape index (κ3) is 8.65. The molecule has 0 aliphatic carbocycles. The minimum atomic E-state index is -0.782. The quantitative estimate of drug-likeness (QED) is 0.0808. The molecular formula is C37H37ClN4O3. The number of benzene rings is 5. The molecule has 230 valence electrons. The minimum absolute atomic E-state index is 0. The molecule has 5 N–H and O–H groups in total. The Balaban J connectivity index is 0.00000461. The predicted octanol–water partition coefficient (Wildman–Crippen LogP) is 7.43. The van der Waals surface area contributed by atoms with Gasteiger partial charge >= 0.3 is 0 Å². The standard InChI is InChI=1S/C37H36N4O3.ClH/c1-2-43-33-24-30(20-23-32(33)44-25-26-12-6-3-7-13-26)35(40-31-21-18-29(19-22-31)36(38)39)37(42)41-34(27-14-8-4-9-15-27)28-16-10-5-11-17-28;/h3-24,34-35,40H,2,25H2,1H3,(H3,38,39)(H,41,42);1H. The third-order valence-corrected chi connectivity index (χ3v) is 7.16. The number of carbonyl (C=O) groups excluding carboxylic acids is 1. The molecular weight excluding hydrogens is 584 g/mol. The normalized spacial score (nSPS) is 11.2. The zero-order chi connectivity index (χ0) is 30.7. The highest BCUT2D eigenvalue weighted by Crippen LogP contribution is 2.33. The summed E-state index contributed by atoms with van der Waals surface area (Å²) in [5, 5.41) is 14.4. The van der Waals surface area contributed by atoms with Gasteiger partial charge in [-0.05, 0) is 65.6 Å². The van der Waals surface area contributed by atoms with Gasteiger partial charge in [0.25, 0.3) is 0 Å². The lowest BCUT2D eigenvalue weighted by atomic mass is 9.97. The lowest BCUT2D eigenvalue weighted by Gasteiger charge is -2.26. The van der Waals surface area contributed by atoms with E-state index in [-0.39, 0.29) is 30.2 Å². The van der Waals surface area contributed by atoms with Crippen molar-refractivity contribution in [3.63, 3.8) is 0 Å². The minimum Gasteiger partial charge on any atom is -0.490 e. The van der Waals surface area contributed by atoms with Gasteiger partial charge in [0.05, 0.1) is 12.6 Å². The summed E-state index contributed by atoms with van der Waals surface area (Å²) in [5.74, 6) is 0.900. The zero-order valence-corrected chi connectivity index (χ0v) is 25.8. The van der Waals surface area contributed by atoms with Gasteiger partial charge in [-0.2, -0.15) is 0 Å². The molecule has 0 aliphatic rings. The summed E-state index contributed by atoms with van der Waals surface area (Å²) < 4.78 is 12.1. The Labute approximate surface area is 270 Å². The molecule has 5 rings (SSSR count). The molecule has 1 atom stereocenters. The van der Waals surface area contributed by atoms with E-state index in [1.165, 1.54) is 0 Å². The molecule has 0 saturated heterocycles. The Morgan fingerprint density at radius 3 is 1.87 bits per heavy atom. The average molecular weight is 621 g/mol. The summed E-state index contributed by atoms with van der Waals surface area (Å²) in [6.07, 6.45) is 0. The summed E-state index contributed by atoms with van der Waals surface area (Å²) in [5.41, 5.74) is 10.6. The van der Waals surface area contributed by atoms with Gasteiger partial charge < -0.3 is 25.8 Å². The van der Waals surface area contributed by atoms with E-state index in [0.717, 1.165) is 16.7 Å². The van der Waals surface area contributed by atoms with Crippen LogP contribution in [0, 0.1) is 5.41 Å². The van der Waals surface area contributed by atoms with Gasteiger partial charge in [0, 0.05) is 11.3 Å². The first-order valence-electron chi connectivity index (χ1n) is 14.6. The van der Waals surface area contributed by atoms with Crippen LogP contribution in [0.4, 0.5) is 5.69 Å². The van der Waals surface area contributed by atoms with E-state index in [9.17, 15) is 4.79 Å². The molecule has 0 aromatic heterocycles. The van der Waals surface area contributed by atoms with E-state index in [0.29, 0.717) is 41.5 Å². The molecule has 0 radical (unpaired) electrons. The number of hydrogen-bond donors (Lipinski definition) is 4. The number of nitrogens with two attached hydrogens (primary N) is 1. The molecule has 7 nitrogen and oxygen atoms in total. The number of nitrogen functional groups attached to an aromatic ring is 1. The lowest BCUT2D eigenvalue weighted by Crippen LogP contribution is -2.36. The molecule has 0 aliphatic heterocycles. The molecule has 0 bridgehead atoms. The molecule has 5 aromatic rings. The number of hydrogen-bond acceptors (Lipinski definition) is 5. The fraction of sp³-hybridized carbons (Fsp3) is 0.135. The number of nitrogens with one attached hydrogen (secondary N) is 3. The van der Waals surface area contributed by atoms with Crippen LogP contribution in [-0.2, 0) is 11.4 Å². The molecule has 0 saturated carbocycles. The maximum absolute atomic E-state index is 14.2. The van der Waals surface area contributed by atoms with E-state index in [1.807, 2.05) is 128 Å². The molecule has 1 unspecified atom stereocenters. The van der Waals surface area contributed by atoms with Crippen LogP contribution in [0.3, 0.4) is 0 Å². The number of carbonyl (C=O) groups is 1. The first-order valence-corrected chi connectivity index (χ1v) is 14.6. The van der Waals surface area contributed by atoms with Crippen molar-refractivity contribution in [3.8, 4) is 11.5 Å². The van der Waals surface area contributed by atoms with Gasteiger partial charge in [-0.25, -0.2) is 0 Å². The second kappa shape index (κ2) is 16.0. The lowest BCUT2D eigenvalue weighted by molar-refractivity contribution is -0.122. The van der Waals surface area contributed by atoms with E-state index in [1.54, 1.807) is 12.1 Å². The van der Waals surface area contributed by atoms with Gasteiger partial charge in [0.1, 0.15) is 18.5 Å². The molecule has 8 heteroatoms. The first-order chi connectivity index (χ1) is 21.5. The number of amidine groups is 1. The van der Waals surface area contributed by atoms with E-state index < -0.39 is 6.04 Å². The Bertz CT molecular complexity index is 1630.